The standard InChI is InChI=1S/C12H13N3O3/c1-7-3-10(9(5-13-7)12(16)17)14-6-11-15-4-8(2)18-11/h3-5H,6H2,1-2H3,(H,13,14)(H,16,17). The Labute approximate surface area is 104 Å². The van der Waals surface area contributed by atoms with Gasteiger partial charge in [-0.2, -0.15) is 0 Å². The zero-order valence-electron chi connectivity index (χ0n) is 10.1. The van der Waals surface area contributed by atoms with E-state index in [1.807, 2.05) is 0 Å². The Hall–Kier alpha value is -2.37. The van der Waals surface area contributed by atoms with E-state index in [-0.39, 0.29) is 5.56 Å². The van der Waals surface area contributed by atoms with E-state index in [1.54, 1.807) is 26.1 Å². The molecule has 0 fully saturated rings. The largest absolute Gasteiger partial charge is 0.478 e. The summed E-state index contributed by atoms with van der Waals surface area (Å²) in [5.74, 6) is 0.211. The normalized spacial score (nSPS) is 10.3. The van der Waals surface area contributed by atoms with Gasteiger partial charge in [0, 0.05) is 11.9 Å². The number of carboxylic acid groups (broad SMARTS) is 1. The molecule has 0 aliphatic carbocycles. The number of anilines is 1. The van der Waals surface area contributed by atoms with Gasteiger partial charge in [0.2, 0.25) is 5.89 Å². The molecule has 2 aromatic rings. The lowest BCUT2D eigenvalue weighted by Gasteiger charge is -2.08. The average Bonchev–Trinajstić information content (AvgIpc) is 2.72. The van der Waals surface area contributed by atoms with Crippen LogP contribution in [0.25, 0.3) is 0 Å². The summed E-state index contributed by atoms with van der Waals surface area (Å²) in [6, 6.07) is 1.68. The molecule has 94 valence electrons. The van der Waals surface area contributed by atoms with Gasteiger partial charge < -0.3 is 14.8 Å². The first-order chi connectivity index (χ1) is 8.56. The average molecular weight is 247 g/mol. The summed E-state index contributed by atoms with van der Waals surface area (Å²) in [6.45, 7) is 3.93. The monoisotopic (exact) mass is 247 g/mol. The van der Waals surface area contributed by atoms with Crippen molar-refractivity contribution in [3.8, 4) is 0 Å². The second-order valence-electron chi connectivity index (χ2n) is 3.89. The lowest BCUT2D eigenvalue weighted by molar-refractivity contribution is 0.0697. The summed E-state index contributed by atoms with van der Waals surface area (Å²) in [4.78, 5) is 19.0. The number of pyridine rings is 1. The molecule has 6 nitrogen and oxygen atoms in total. The Morgan fingerprint density at radius 2 is 2.17 bits per heavy atom. The Kier molecular flexibility index (Phi) is 3.27. The van der Waals surface area contributed by atoms with Crippen LogP contribution in [0.4, 0.5) is 5.69 Å². The summed E-state index contributed by atoms with van der Waals surface area (Å²) < 4.78 is 5.30. The van der Waals surface area contributed by atoms with E-state index in [0.29, 0.717) is 18.1 Å². The predicted octanol–water partition coefficient (Wildman–Crippen LogP) is 2.00. The maximum atomic E-state index is 11.0. The summed E-state index contributed by atoms with van der Waals surface area (Å²) >= 11 is 0. The maximum Gasteiger partial charge on any atom is 0.339 e. The number of nitrogens with zero attached hydrogens (tertiary/aromatic N) is 2. The smallest absolute Gasteiger partial charge is 0.339 e. The molecule has 0 atom stereocenters. The van der Waals surface area contributed by atoms with E-state index < -0.39 is 5.97 Å². The van der Waals surface area contributed by atoms with Crippen LogP contribution in [0.1, 0.15) is 27.7 Å². The molecule has 2 heterocycles. The molecular formula is C12H13N3O3. The van der Waals surface area contributed by atoms with Crippen LogP contribution < -0.4 is 5.32 Å². The fraction of sp³-hybridized carbons (Fsp3) is 0.250. The number of carbonyl (C=O) groups is 1. The quantitative estimate of drug-likeness (QED) is 0.859. The van der Waals surface area contributed by atoms with Gasteiger partial charge in [-0.05, 0) is 19.9 Å². The van der Waals surface area contributed by atoms with Crippen LogP contribution in [-0.4, -0.2) is 21.0 Å². The van der Waals surface area contributed by atoms with Gasteiger partial charge in [0.25, 0.3) is 0 Å². The third-order valence-corrected chi connectivity index (χ3v) is 2.37. The summed E-state index contributed by atoms with van der Waals surface area (Å²) in [6.07, 6.45) is 2.95. The number of hydrogen-bond donors (Lipinski definition) is 2. The first-order valence-corrected chi connectivity index (χ1v) is 5.41. The van der Waals surface area contributed by atoms with Crippen LogP contribution in [0.2, 0.25) is 0 Å². The zero-order valence-corrected chi connectivity index (χ0v) is 10.1. The molecule has 0 aliphatic heterocycles. The van der Waals surface area contributed by atoms with Gasteiger partial charge in [0.15, 0.2) is 0 Å². The molecule has 0 saturated heterocycles. The maximum absolute atomic E-state index is 11.0. The molecule has 0 bridgehead atoms. The van der Waals surface area contributed by atoms with Crippen molar-refractivity contribution in [2.75, 3.05) is 5.32 Å². The predicted molar refractivity (Wildman–Crippen MR) is 64.5 cm³/mol. The fourth-order valence-electron chi connectivity index (χ4n) is 1.53. The Bertz CT molecular complexity index is 578. The van der Waals surface area contributed by atoms with E-state index >= 15 is 0 Å². The SMILES string of the molecule is Cc1cc(NCc2ncc(C)o2)c(C(=O)O)cn1. The second kappa shape index (κ2) is 4.87. The van der Waals surface area contributed by atoms with Crippen molar-refractivity contribution in [3.63, 3.8) is 0 Å². The molecule has 6 heteroatoms. The molecule has 2 aromatic heterocycles. The first kappa shape index (κ1) is 12.1. The molecule has 2 rings (SSSR count). The molecule has 0 amide bonds. The number of hydrogen-bond acceptors (Lipinski definition) is 5. The van der Waals surface area contributed by atoms with Crippen LogP contribution in [0.5, 0.6) is 0 Å². The minimum atomic E-state index is -1.02. The molecule has 0 aliphatic rings. The number of aromatic nitrogens is 2. The zero-order chi connectivity index (χ0) is 13.1. The number of carboxylic acids is 1. The first-order valence-electron chi connectivity index (χ1n) is 5.41. The molecule has 0 aromatic carbocycles. The second-order valence-corrected chi connectivity index (χ2v) is 3.89. The van der Waals surface area contributed by atoms with Crippen molar-refractivity contribution in [2.24, 2.45) is 0 Å². The van der Waals surface area contributed by atoms with Crippen molar-refractivity contribution in [1.29, 1.82) is 0 Å². The number of oxazole rings is 1. The molecule has 0 saturated carbocycles. The molecule has 2 N–H and O–H groups in total. The highest BCUT2D eigenvalue weighted by Crippen LogP contribution is 2.16. The highest BCUT2D eigenvalue weighted by Gasteiger charge is 2.11. The summed E-state index contributed by atoms with van der Waals surface area (Å²) in [5.41, 5.74) is 1.38. The third kappa shape index (κ3) is 2.65. The summed E-state index contributed by atoms with van der Waals surface area (Å²) in [5, 5.41) is 12.0. The van der Waals surface area contributed by atoms with Gasteiger partial charge >= 0.3 is 5.97 Å². The van der Waals surface area contributed by atoms with Crippen LogP contribution in [0, 0.1) is 13.8 Å². The highest BCUT2D eigenvalue weighted by molar-refractivity contribution is 5.93. The van der Waals surface area contributed by atoms with E-state index in [2.05, 4.69) is 15.3 Å². The number of rotatable bonds is 4. The van der Waals surface area contributed by atoms with E-state index in [4.69, 9.17) is 9.52 Å². The molecule has 0 unspecified atom stereocenters. The fourth-order valence-corrected chi connectivity index (χ4v) is 1.53. The minimum Gasteiger partial charge on any atom is -0.478 e. The van der Waals surface area contributed by atoms with Crippen molar-refractivity contribution < 1.29 is 14.3 Å². The topological polar surface area (TPSA) is 88.2 Å². The van der Waals surface area contributed by atoms with Gasteiger partial charge in [-0.1, -0.05) is 0 Å². The summed E-state index contributed by atoms with van der Waals surface area (Å²) in [7, 11) is 0. The van der Waals surface area contributed by atoms with E-state index in [9.17, 15) is 4.79 Å². The van der Waals surface area contributed by atoms with Crippen LogP contribution in [-0.2, 0) is 6.54 Å². The van der Waals surface area contributed by atoms with Crippen molar-refractivity contribution in [3.05, 3.63) is 41.4 Å². The van der Waals surface area contributed by atoms with Gasteiger partial charge in [-0.3, -0.25) is 4.98 Å². The third-order valence-electron chi connectivity index (χ3n) is 2.37. The van der Waals surface area contributed by atoms with Gasteiger partial charge in [-0.25, -0.2) is 9.78 Å². The lowest BCUT2D eigenvalue weighted by Crippen LogP contribution is -2.07. The van der Waals surface area contributed by atoms with Crippen molar-refractivity contribution >= 4 is 11.7 Å². The highest BCUT2D eigenvalue weighted by atomic mass is 16.4. The Morgan fingerprint density at radius 3 is 2.78 bits per heavy atom. The molecule has 0 radical (unpaired) electrons. The van der Waals surface area contributed by atoms with Crippen LogP contribution >= 0.6 is 0 Å². The van der Waals surface area contributed by atoms with E-state index in [0.717, 1.165) is 11.5 Å². The van der Waals surface area contributed by atoms with Crippen molar-refractivity contribution in [1.82, 2.24) is 9.97 Å². The minimum absolute atomic E-state index is 0.129. The van der Waals surface area contributed by atoms with Crippen LogP contribution in [0.3, 0.4) is 0 Å². The number of nitrogens with one attached hydrogen (secondary N) is 1. The van der Waals surface area contributed by atoms with Gasteiger partial charge in [-0.15, -0.1) is 0 Å². The molecule has 0 spiro atoms. The number of aromatic carboxylic acids is 1. The van der Waals surface area contributed by atoms with Crippen molar-refractivity contribution in [2.45, 2.75) is 20.4 Å². The molecular weight excluding hydrogens is 234 g/mol. The Balaban J connectivity index is 2.17. The van der Waals surface area contributed by atoms with Crippen LogP contribution in [0.15, 0.2) is 22.9 Å². The van der Waals surface area contributed by atoms with E-state index in [1.165, 1.54) is 6.20 Å². The lowest BCUT2D eigenvalue weighted by atomic mass is 10.2. The number of aryl methyl sites for hydroxylation is 2. The Morgan fingerprint density at radius 1 is 1.39 bits per heavy atom. The van der Waals surface area contributed by atoms with Gasteiger partial charge in [0.05, 0.1) is 18.4 Å². The molecule has 18 heavy (non-hydrogen) atoms. The van der Waals surface area contributed by atoms with Gasteiger partial charge in [0.1, 0.15) is 11.3 Å².